The topological polar surface area (TPSA) is 43.7 Å². The van der Waals surface area contributed by atoms with Crippen molar-refractivity contribution < 1.29 is 10.2 Å². The Hall–Kier alpha value is -0.120. The molecule has 0 saturated carbocycles. The molecule has 14 heavy (non-hydrogen) atoms. The summed E-state index contributed by atoms with van der Waals surface area (Å²) in [5, 5.41) is 19.2. The van der Waals surface area contributed by atoms with Crippen LogP contribution in [0.2, 0.25) is 0 Å². The van der Waals surface area contributed by atoms with Crippen molar-refractivity contribution in [3.8, 4) is 0 Å². The van der Waals surface area contributed by atoms with Crippen LogP contribution in [0.5, 0.6) is 0 Å². The molecule has 0 amide bonds. The van der Waals surface area contributed by atoms with Crippen molar-refractivity contribution in [2.24, 2.45) is 5.41 Å². The summed E-state index contributed by atoms with van der Waals surface area (Å²) in [6.07, 6.45) is -0.341. The van der Waals surface area contributed by atoms with Crippen LogP contribution < -0.4 is 0 Å². The fraction of sp³-hybridized carbons (Fsp3) is 1.00. The van der Waals surface area contributed by atoms with Gasteiger partial charge >= 0.3 is 0 Å². The third-order valence-electron chi connectivity index (χ3n) is 2.47. The summed E-state index contributed by atoms with van der Waals surface area (Å²) in [5.74, 6) is 0. The number of aliphatic hydroxyl groups excluding tert-OH is 1. The van der Waals surface area contributed by atoms with Gasteiger partial charge in [-0.2, -0.15) is 0 Å². The standard InChI is InChI=1S/C11H25NO2/c1-9(13)10(2,3)7-12(6)8-11(4,5)14/h9,13-14H,7-8H2,1-6H3. The first-order valence-electron chi connectivity index (χ1n) is 5.13. The minimum atomic E-state index is -0.677. The van der Waals surface area contributed by atoms with Gasteiger partial charge in [-0.3, -0.25) is 0 Å². The quantitative estimate of drug-likeness (QED) is 0.703. The molecular formula is C11H25NO2. The summed E-state index contributed by atoms with van der Waals surface area (Å²) >= 11 is 0. The van der Waals surface area contributed by atoms with Crippen molar-refractivity contribution in [1.29, 1.82) is 0 Å². The Morgan fingerprint density at radius 1 is 1.14 bits per heavy atom. The van der Waals surface area contributed by atoms with E-state index in [0.29, 0.717) is 6.54 Å². The second-order valence-electron chi connectivity index (χ2n) is 5.65. The van der Waals surface area contributed by atoms with Gasteiger partial charge in [0.2, 0.25) is 0 Å². The van der Waals surface area contributed by atoms with Crippen LogP contribution in [-0.2, 0) is 0 Å². The lowest BCUT2D eigenvalue weighted by Crippen LogP contribution is -2.44. The first-order valence-corrected chi connectivity index (χ1v) is 5.13. The second-order valence-corrected chi connectivity index (χ2v) is 5.65. The molecule has 0 heterocycles. The predicted molar refractivity (Wildman–Crippen MR) is 59.3 cm³/mol. The third-order valence-corrected chi connectivity index (χ3v) is 2.47. The SMILES string of the molecule is CC(O)C(C)(C)CN(C)CC(C)(C)O. The Morgan fingerprint density at radius 2 is 1.57 bits per heavy atom. The van der Waals surface area contributed by atoms with E-state index in [1.54, 1.807) is 20.8 Å². The number of hydrogen-bond donors (Lipinski definition) is 2. The number of rotatable bonds is 5. The van der Waals surface area contributed by atoms with E-state index in [1.165, 1.54) is 0 Å². The van der Waals surface area contributed by atoms with E-state index < -0.39 is 5.60 Å². The van der Waals surface area contributed by atoms with Gasteiger partial charge in [-0.15, -0.1) is 0 Å². The monoisotopic (exact) mass is 203 g/mol. The van der Waals surface area contributed by atoms with E-state index in [4.69, 9.17) is 0 Å². The van der Waals surface area contributed by atoms with Gasteiger partial charge in [0.25, 0.3) is 0 Å². The molecule has 2 N–H and O–H groups in total. The lowest BCUT2D eigenvalue weighted by molar-refractivity contribution is 0.00421. The first kappa shape index (κ1) is 13.9. The van der Waals surface area contributed by atoms with Crippen molar-refractivity contribution >= 4 is 0 Å². The van der Waals surface area contributed by atoms with Crippen molar-refractivity contribution in [2.45, 2.75) is 46.3 Å². The Bertz CT molecular complexity index is 171. The van der Waals surface area contributed by atoms with Gasteiger partial charge in [-0.25, -0.2) is 0 Å². The highest BCUT2D eigenvalue weighted by molar-refractivity contribution is 4.80. The molecule has 0 spiro atoms. The molecule has 0 saturated heterocycles. The summed E-state index contributed by atoms with van der Waals surface area (Å²) < 4.78 is 0. The number of nitrogens with zero attached hydrogens (tertiary/aromatic N) is 1. The molecule has 0 fully saturated rings. The van der Waals surface area contributed by atoms with E-state index in [1.807, 2.05) is 25.8 Å². The summed E-state index contributed by atoms with van der Waals surface area (Å²) in [4.78, 5) is 2.05. The van der Waals surface area contributed by atoms with Gasteiger partial charge < -0.3 is 15.1 Å². The Kier molecular flexibility index (Phi) is 4.56. The third kappa shape index (κ3) is 5.58. The molecule has 0 aliphatic carbocycles. The summed E-state index contributed by atoms with van der Waals surface area (Å²) in [7, 11) is 1.96. The molecule has 1 unspecified atom stereocenters. The average Bonchev–Trinajstić information content (AvgIpc) is 1.79. The van der Waals surface area contributed by atoms with Crippen LogP contribution in [0.25, 0.3) is 0 Å². The summed E-state index contributed by atoms with van der Waals surface area (Å²) in [6.45, 7) is 10.8. The number of aliphatic hydroxyl groups is 2. The fourth-order valence-electron chi connectivity index (χ4n) is 1.54. The highest BCUT2D eigenvalue weighted by Crippen LogP contribution is 2.21. The Balaban J connectivity index is 4.12. The summed E-state index contributed by atoms with van der Waals surface area (Å²) in [6, 6.07) is 0. The number of hydrogen-bond acceptors (Lipinski definition) is 3. The maximum absolute atomic E-state index is 9.62. The molecule has 0 rings (SSSR count). The predicted octanol–water partition coefficient (Wildman–Crippen LogP) is 1.10. The van der Waals surface area contributed by atoms with Crippen LogP contribution in [0, 0.1) is 5.41 Å². The molecule has 0 bridgehead atoms. The summed E-state index contributed by atoms with van der Waals surface area (Å²) in [5.41, 5.74) is -0.816. The molecule has 86 valence electrons. The van der Waals surface area contributed by atoms with Crippen LogP contribution in [-0.4, -0.2) is 47.0 Å². The van der Waals surface area contributed by atoms with E-state index in [2.05, 4.69) is 0 Å². The molecule has 1 atom stereocenters. The van der Waals surface area contributed by atoms with Crippen LogP contribution in [0.1, 0.15) is 34.6 Å². The van der Waals surface area contributed by atoms with Crippen molar-refractivity contribution in [3.63, 3.8) is 0 Å². The van der Waals surface area contributed by atoms with Crippen molar-refractivity contribution in [1.82, 2.24) is 4.90 Å². The zero-order valence-corrected chi connectivity index (χ0v) is 10.3. The lowest BCUT2D eigenvalue weighted by Gasteiger charge is -2.35. The van der Waals surface area contributed by atoms with E-state index in [-0.39, 0.29) is 11.5 Å². The highest BCUT2D eigenvalue weighted by Gasteiger charge is 2.27. The molecule has 0 aromatic heterocycles. The van der Waals surface area contributed by atoms with Gasteiger partial charge in [0.1, 0.15) is 0 Å². The average molecular weight is 203 g/mol. The van der Waals surface area contributed by atoms with Gasteiger partial charge in [0.05, 0.1) is 11.7 Å². The molecule has 0 aliphatic rings. The Labute approximate surface area is 87.7 Å². The number of likely N-dealkylation sites (N-methyl/N-ethyl adjacent to an activating group) is 1. The van der Waals surface area contributed by atoms with Gasteiger partial charge in [0, 0.05) is 18.5 Å². The largest absolute Gasteiger partial charge is 0.393 e. The molecule has 0 aliphatic heterocycles. The van der Waals surface area contributed by atoms with E-state index in [9.17, 15) is 10.2 Å². The molecular weight excluding hydrogens is 178 g/mol. The van der Waals surface area contributed by atoms with Gasteiger partial charge in [-0.05, 0) is 27.8 Å². The molecule has 3 heteroatoms. The van der Waals surface area contributed by atoms with Crippen molar-refractivity contribution in [3.05, 3.63) is 0 Å². The minimum absolute atomic E-state index is 0.139. The molecule has 0 radical (unpaired) electrons. The smallest absolute Gasteiger partial charge is 0.0718 e. The van der Waals surface area contributed by atoms with Gasteiger partial charge in [0.15, 0.2) is 0 Å². The van der Waals surface area contributed by atoms with Crippen LogP contribution >= 0.6 is 0 Å². The fourth-order valence-corrected chi connectivity index (χ4v) is 1.54. The maximum atomic E-state index is 9.62. The second kappa shape index (κ2) is 4.60. The Morgan fingerprint density at radius 3 is 1.86 bits per heavy atom. The van der Waals surface area contributed by atoms with Crippen molar-refractivity contribution in [2.75, 3.05) is 20.1 Å². The first-order chi connectivity index (χ1) is 6.04. The molecule has 0 aromatic carbocycles. The normalized spacial score (nSPS) is 16.1. The van der Waals surface area contributed by atoms with Crippen LogP contribution in [0.15, 0.2) is 0 Å². The van der Waals surface area contributed by atoms with Crippen LogP contribution in [0.4, 0.5) is 0 Å². The highest BCUT2D eigenvalue weighted by atomic mass is 16.3. The van der Waals surface area contributed by atoms with E-state index >= 15 is 0 Å². The zero-order valence-electron chi connectivity index (χ0n) is 10.3. The van der Waals surface area contributed by atoms with E-state index in [0.717, 1.165) is 6.54 Å². The van der Waals surface area contributed by atoms with Gasteiger partial charge in [-0.1, -0.05) is 13.8 Å². The maximum Gasteiger partial charge on any atom is 0.0718 e. The lowest BCUT2D eigenvalue weighted by atomic mass is 9.87. The minimum Gasteiger partial charge on any atom is -0.393 e. The molecule has 3 nitrogen and oxygen atoms in total. The van der Waals surface area contributed by atoms with Crippen LogP contribution in [0.3, 0.4) is 0 Å². The zero-order chi connectivity index (χ0) is 11.6. The molecule has 0 aromatic rings.